The van der Waals surface area contributed by atoms with Crippen LogP contribution in [0.3, 0.4) is 0 Å². The third-order valence-electron chi connectivity index (χ3n) is 2.89. The molecule has 2 aromatic carbocycles. The number of nitrogens with one attached hydrogen (secondary N) is 1. The summed E-state index contributed by atoms with van der Waals surface area (Å²) in [5.74, 6) is -1.99. The van der Waals surface area contributed by atoms with E-state index in [0.717, 1.165) is 12.1 Å². The summed E-state index contributed by atoms with van der Waals surface area (Å²) in [4.78, 5) is 0.0769. The molecule has 0 saturated heterocycles. The van der Waals surface area contributed by atoms with Crippen LogP contribution in [0.5, 0.6) is 0 Å². The molecular weight excluding hydrogens is 298 g/mol. The molecule has 2 aromatic rings. The van der Waals surface area contributed by atoms with E-state index < -0.39 is 21.7 Å². The Morgan fingerprint density at radius 1 is 1.00 bits per heavy atom. The molecule has 0 bridgehead atoms. The second-order valence-electron chi connectivity index (χ2n) is 4.42. The molecule has 0 fully saturated rings. The lowest BCUT2D eigenvalue weighted by atomic mass is 10.2. The van der Waals surface area contributed by atoms with E-state index in [4.69, 9.17) is 5.73 Å². The van der Waals surface area contributed by atoms with Gasteiger partial charge >= 0.3 is 0 Å². The summed E-state index contributed by atoms with van der Waals surface area (Å²) in [5, 5.41) is 0. The summed E-state index contributed by atoms with van der Waals surface area (Å²) in [6.45, 7) is 0.0962. The van der Waals surface area contributed by atoms with Crippen LogP contribution in [0.2, 0.25) is 0 Å². The van der Waals surface area contributed by atoms with Crippen molar-refractivity contribution >= 4 is 10.0 Å². The number of hydrogen-bond acceptors (Lipinski definition) is 3. The van der Waals surface area contributed by atoms with Crippen molar-refractivity contribution in [2.75, 3.05) is 0 Å². The van der Waals surface area contributed by atoms with Crippen molar-refractivity contribution in [1.29, 1.82) is 0 Å². The van der Waals surface area contributed by atoms with Crippen LogP contribution in [0.15, 0.2) is 47.4 Å². The SMILES string of the molecule is NCc1cccc(S(=O)(=O)NCc2ccc(F)c(F)c2)c1. The molecule has 0 aliphatic heterocycles. The monoisotopic (exact) mass is 312 g/mol. The third kappa shape index (κ3) is 3.84. The third-order valence-corrected chi connectivity index (χ3v) is 4.29. The average Bonchev–Trinajstić information content (AvgIpc) is 2.48. The molecule has 7 heteroatoms. The van der Waals surface area contributed by atoms with Gasteiger partial charge in [-0.25, -0.2) is 21.9 Å². The summed E-state index contributed by atoms with van der Waals surface area (Å²) in [6.07, 6.45) is 0. The highest BCUT2D eigenvalue weighted by Gasteiger charge is 2.14. The van der Waals surface area contributed by atoms with Crippen molar-refractivity contribution < 1.29 is 17.2 Å². The number of nitrogens with two attached hydrogens (primary N) is 1. The number of rotatable bonds is 5. The van der Waals surface area contributed by atoms with Crippen LogP contribution in [0.1, 0.15) is 11.1 Å². The van der Waals surface area contributed by atoms with Crippen molar-refractivity contribution in [3.8, 4) is 0 Å². The van der Waals surface area contributed by atoms with E-state index >= 15 is 0 Å². The molecule has 0 saturated carbocycles. The molecule has 4 nitrogen and oxygen atoms in total. The van der Waals surface area contributed by atoms with Crippen molar-refractivity contribution in [1.82, 2.24) is 4.72 Å². The Balaban J connectivity index is 2.15. The molecule has 3 N–H and O–H groups in total. The summed E-state index contributed by atoms with van der Waals surface area (Å²) in [5.41, 5.74) is 6.48. The van der Waals surface area contributed by atoms with Gasteiger partial charge in [-0.3, -0.25) is 0 Å². The predicted molar refractivity (Wildman–Crippen MR) is 74.7 cm³/mol. The van der Waals surface area contributed by atoms with Crippen LogP contribution in [-0.2, 0) is 23.1 Å². The molecular formula is C14H14F2N2O2S. The van der Waals surface area contributed by atoms with Gasteiger partial charge in [0.15, 0.2) is 11.6 Å². The summed E-state index contributed by atoms with van der Waals surface area (Å²) < 4.78 is 52.4. The lowest BCUT2D eigenvalue weighted by molar-refractivity contribution is 0.506. The largest absolute Gasteiger partial charge is 0.326 e. The second-order valence-corrected chi connectivity index (χ2v) is 6.19. The zero-order valence-electron chi connectivity index (χ0n) is 11.0. The van der Waals surface area contributed by atoms with Gasteiger partial charge in [-0.1, -0.05) is 18.2 Å². The van der Waals surface area contributed by atoms with E-state index in [9.17, 15) is 17.2 Å². The normalized spacial score (nSPS) is 11.6. The Kier molecular flexibility index (Phi) is 4.66. The van der Waals surface area contributed by atoms with Crippen LogP contribution in [0.4, 0.5) is 8.78 Å². The lowest BCUT2D eigenvalue weighted by Crippen LogP contribution is -2.23. The first kappa shape index (κ1) is 15.6. The molecule has 0 aliphatic rings. The molecule has 21 heavy (non-hydrogen) atoms. The first-order chi connectivity index (χ1) is 9.92. The molecule has 0 amide bonds. The van der Waals surface area contributed by atoms with E-state index in [1.54, 1.807) is 12.1 Å². The van der Waals surface area contributed by atoms with Crippen LogP contribution >= 0.6 is 0 Å². The highest BCUT2D eigenvalue weighted by Crippen LogP contribution is 2.13. The summed E-state index contributed by atoms with van der Waals surface area (Å²) >= 11 is 0. The number of benzene rings is 2. The van der Waals surface area contributed by atoms with Gasteiger partial charge in [0.05, 0.1) is 4.90 Å². The van der Waals surface area contributed by atoms with Gasteiger partial charge in [0.2, 0.25) is 10.0 Å². The second kappa shape index (κ2) is 6.30. The average molecular weight is 312 g/mol. The topological polar surface area (TPSA) is 72.2 Å². The van der Waals surface area contributed by atoms with Crippen LogP contribution in [0.25, 0.3) is 0 Å². The molecule has 0 aliphatic carbocycles. The Hall–Kier alpha value is -1.83. The Labute approximate surface area is 121 Å². The standard InChI is InChI=1S/C14H14F2N2O2S/c15-13-5-4-11(7-14(13)16)9-18-21(19,20)12-3-1-2-10(6-12)8-17/h1-7,18H,8-9,17H2. The Morgan fingerprint density at radius 3 is 2.43 bits per heavy atom. The lowest BCUT2D eigenvalue weighted by Gasteiger charge is -2.08. The molecule has 0 radical (unpaired) electrons. The van der Waals surface area contributed by atoms with Gasteiger partial charge in [-0.2, -0.15) is 0 Å². The minimum atomic E-state index is -3.74. The molecule has 2 rings (SSSR count). The maximum absolute atomic E-state index is 13.1. The van der Waals surface area contributed by atoms with Gasteiger partial charge in [0.1, 0.15) is 0 Å². The van der Waals surface area contributed by atoms with E-state index in [2.05, 4.69) is 4.72 Å². The van der Waals surface area contributed by atoms with E-state index in [1.165, 1.54) is 18.2 Å². The fourth-order valence-corrected chi connectivity index (χ4v) is 2.84. The maximum atomic E-state index is 13.1. The van der Waals surface area contributed by atoms with Crippen LogP contribution < -0.4 is 10.5 Å². The highest BCUT2D eigenvalue weighted by molar-refractivity contribution is 7.89. The van der Waals surface area contributed by atoms with Crippen LogP contribution in [0, 0.1) is 11.6 Å². The van der Waals surface area contributed by atoms with Crippen LogP contribution in [-0.4, -0.2) is 8.42 Å². The minimum absolute atomic E-state index is 0.0769. The summed E-state index contributed by atoms with van der Waals surface area (Å²) in [7, 11) is -3.74. The fourth-order valence-electron chi connectivity index (χ4n) is 1.75. The van der Waals surface area contributed by atoms with Crippen molar-refractivity contribution in [2.45, 2.75) is 18.0 Å². The molecule has 0 unspecified atom stereocenters. The number of hydrogen-bond donors (Lipinski definition) is 2. The van der Waals surface area contributed by atoms with Gasteiger partial charge in [-0.15, -0.1) is 0 Å². The smallest absolute Gasteiger partial charge is 0.240 e. The Bertz CT molecular complexity index is 748. The molecule has 112 valence electrons. The quantitative estimate of drug-likeness (QED) is 0.886. The first-order valence-corrected chi connectivity index (χ1v) is 7.63. The van der Waals surface area contributed by atoms with Crippen molar-refractivity contribution in [3.63, 3.8) is 0 Å². The first-order valence-electron chi connectivity index (χ1n) is 6.15. The van der Waals surface area contributed by atoms with E-state index in [0.29, 0.717) is 11.1 Å². The van der Waals surface area contributed by atoms with Gasteiger partial charge in [-0.05, 0) is 35.4 Å². The molecule has 0 aromatic heterocycles. The fraction of sp³-hybridized carbons (Fsp3) is 0.143. The zero-order chi connectivity index (χ0) is 15.5. The predicted octanol–water partition coefficient (Wildman–Crippen LogP) is 1.90. The van der Waals surface area contributed by atoms with Crippen molar-refractivity contribution in [3.05, 3.63) is 65.2 Å². The molecule has 0 heterocycles. The van der Waals surface area contributed by atoms with Gasteiger partial charge in [0, 0.05) is 13.1 Å². The number of sulfonamides is 1. The minimum Gasteiger partial charge on any atom is -0.326 e. The van der Waals surface area contributed by atoms with Crippen molar-refractivity contribution in [2.24, 2.45) is 5.73 Å². The Morgan fingerprint density at radius 2 is 1.76 bits per heavy atom. The summed E-state index contributed by atoms with van der Waals surface area (Å²) in [6, 6.07) is 9.43. The van der Waals surface area contributed by atoms with Gasteiger partial charge in [0.25, 0.3) is 0 Å². The maximum Gasteiger partial charge on any atom is 0.240 e. The van der Waals surface area contributed by atoms with Gasteiger partial charge < -0.3 is 5.73 Å². The van der Waals surface area contributed by atoms with E-state index in [-0.39, 0.29) is 18.0 Å². The zero-order valence-corrected chi connectivity index (χ0v) is 11.8. The van der Waals surface area contributed by atoms with E-state index in [1.807, 2.05) is 0 Å². The molecule has 0 atom stereocenters. The molecule has 0 spiro atoms. The highest BCUT2D eigenvalue weighted by atomic mass is 32.2. The number of halogens is 2.